The van der Waals surface area contributed by atoms with E-state index in [9.17, 15) is 9.59 Å². The Morgan fingerprint density at radius 2 is 2.33 bits per heavy atom. The Bertz CT molecular complexity index is 411. The first kappa shape index (κ1) is 11.4. The van der Waals surface area contributed by atoms with Crippen molar-refractivity contribution in [1.29, 1.82) is 0 Å². The molecule has 1 aromatic heterocycles. The van der Waals surface area contributed by atoms with Gasteiger partial charge in [0.15, 0.2) is 0 Å². The molecule has 15 heavy (non-hydrogen) atoms. The number of carbonyl (C=O) groups is 1. The van der Waals surface area contributed by atoms with Crippen LogP contribution in [0.1, 0.15) is 17.4 Å². The number of hydrogen-bond acceptors (Lipinski definition) is 4. The van der Waals surface area contributed by atoms with E-state index in [4.69, 9.17) is 5.11 Å². The molecule has 0 bridgehead atoms. The zero-order valence-electron chi connectivity index (χ0n) is 8.60. The maximum atomic E-state index is 11.4. The number of aryl methyl sites for hydroxylation is 1. The molecule has 6 heteroatoms. The molecule has 1 rings (SSSR count). The lowest BCUT2D eigenvalue weighted by Crippen LogP contribution is -2.32. The van der Waals surface area contributed by atoms with Crippen molar-refractivity contribution in [3.63, 3.8) is 0 Å². The van der Waals surface area contributed by atoms with E-state index in [0.29, 0.717) is 0 Å². The van der Waals surface area contributed by atoms with Gasteiger partial charge in [-0.05, 0) is 13.0 Å². The molecule has 1 amide bonds. The van der Waals surface area contributed by atoms with E-state index < -0.39 is 12.0 Å². The largest absolute Gasteiger partial charge is 0.392 e. The molecule has 1 atom stereocenters. The monoisotopic (exact) mass is 211 g/mol. The molecule has 0 radical (unpaired) electrons. The third-order valence-electron chi connectivity index (χ3n) is 1.75. The van der Waals surface area contributed by atoms with Crippen molar-refractivity contribution in [2.24, 2.45) is 7.05 Å². The summed E-state index contributed by atoms with van der Waals surface area (Å²) in [6, 6.07) is 2.62. The Morgan fingerprint density at radius 1 is 1.67 bits per heavy atom. The summed E-state index contributed by atoms with van der Waals surface area (Å²) in [5.74, 6) is -0.411. The molecule has 1 unspecified atom stereocenters. The molecule has 2 N–H and O–H groups in total. The molecule has 0 saturated heterocycles. The van der Waals surface area contributed by atoms with Gasteiger partial charge in [-0.2, -0.15) is 5.10 Å². The molecule has 0 spiro atoms. The lowest BCUT2D eigenvalue weighted by Gasteiger charge is -2.06. The second-order valence-electron chi connectivity index (χ2n) is 3.24. The maximum Gasteiger partial charge on any atom is 0.271 e. The molecule has 0 aliphatic rings. The van der Waals surface area contributed by atoms with Crippen LogP contribution in [0.15, 0.2) is 16.9 Å². The van der Waals surface area contributed by atoms with Crippen LogP contribution in [0.25, 0.3) is 0 Å². The number of amides is 1. The predicted octanol–water partition coefficient (Wildman–Crippen LogP) is -1.11. The highest BCUT2D eigenvalue weighted by Gasteiger charge is 2.08. The minimum atomic E-state index is -0.610. The van der Waals surface area contributed by atoms with Crippen LogP contribution in [-0.2, 0) is 7.05 Å². The van der Waals surface area contributed by atoms with Gasteiger partial charge in [0.05, 0.1) is 6.10 Å². The summed E-state index contributed by atoms with van der Waals surface area (Å²) < 4.78 is 1.08. The summed E-state index contributed by atoms with van der Waals surface area (Å²) in [6.07, 6.45) is -0.610. The Labute approximate surface area is 86.5 Å². The van der Waals surface area contributed by atoms with Crippen molar-refractivity contribution in [3.8, 4) is 0 Å². The molecule has 0 aliphatic heterocycles. The normalized spacial score (nSPS) is 12.2. The third kappa shape index (κ3) is 3.17. The Balaban J connectivity index is 2.74. The summed E-state index contributed by atoms with van der Waals surface area (Å²) in [5.41, 5.74) is -0.125. The lowest BCUT2D eigenvalue weighted by molar-refractivity contribution is 0.0917. The number of nitrogens with one attached hydrogen (secondary N) is 1. The van der Waals surface area contributed by atoms with Gasteiger partial charge in [0.25, 0.3) is 11.5 Å². The zero-order chi connectivity index (χ0) is 11.4. The first-order valence-corrected chi connectivity index (χ1v) is 4.51. The molecule has 0 aromatic carbocycles. The predicted molar refractivity (Wildman–Crippen MR) is 53.5 cm³/mol. The highest BCUT2D eigenvalue weighted by Crippen LogP contribution is 1.89. The number of aliphatic hydroxyl groups is 1. The fourth-order valence-corrected chi connectivity index (χ4v) is 0.954. The molecule has 6 nitrogen and oxygen atoms in total. The number of rotatable bonds is 3. The van der Waals surface area contributed by atoms with Crippen LogP contribution in [0.5, 0.6) is 0 Å². The van der Waals surface area contributed by atoms with Gasteiger partial charge in [-0.25, -0.2) is 4.68 Å². The number of carbonyl (C=O) groups excluding carboxylic acids is 1. The van der Waals surface area contributed by atoms with E-state index in [1.807, 2.05) is 0 Å². The van der Waals surface area contributed by atoms with Crippen molar-refractivity contribution in [2.75, 3.05) is 6.54 Å². The Kier molecular flexibility index (Phi) is 3.56. The minimum Gasteiger partial charge on any atom is -0.392 e. The molecule has 1 heterocycles. The number of aliphatic hydroxyl groups excluding tert-OH is 1. The van der Waals surface area contributed by atoms with E-state index >= 15 is 0 Å². The van der Waals surface area contributed by atoms with Crippen LogP contribution >= 0.6 is 0 Å². The fourth-order valence-electron chi connectivity index (χ4n) is 0.954. The maximum absolute atomic E-state index is 11.4. The van der Waals surface area contributed by atoms with Gasteiger partial charge in [0.2, 0.25) is 0 Å². The topological polar surface area (TPSA) is 84.2 Å². The Hall–Kier alpha value is -1.69. The third-order valence-corrected chi connectivity index (χ3v) is 1.75. The standard InChI is InChI=1S/C9H13N3O3/c1-6(13)5-10-9(15)7-3-4-8(14)12(2)11-7/h3-4,6,13H,5H2,1-2H3,(H,10,15). The van der Waals surface area contributed by atoms with Gasteiger partial charge in [-0.15, -0.1) is 0 Å². The van der Waals surface area contributed by atoms with Crippen LogP contribution in [-0.4, -0.2) is 33.4 Å². The van der Waals surface area contributed by atoms with Gasteiger partial charge < -0.3 is 10.4 Å². The van der Waals surface area contributed by atoms with Crippen molar-refractivity contribution in [2.45, 2.75) is 13.0 Å². The van der Waals surface area contributed by atoms with E-state index in [1.165, 1.54) is 19.2 Å². The summed E-state index contributed by atoms with van der Waals surface area (Å²) in [4.78, 5) is 22.4. The molecule has 1 aromatic rings. The molecule has 82 valence electrons. The smallest absolute Gasteiger partial charge is 0.271 e. The lowest BCUT2D eigenvalue weighted by atomic mass is 10.3. The number of hydrogen-bond donors (Lipinski definition) is 2. The van der Waals surface area contributed by atoms with Crippen molar-refractivity contribution in [1.82, 2.24) is 15.1 Å². The van der Waals surface area contributed by atoms with Crippen molar-refractivity contribution in [3.05, 3.63) is 28.2 Å². The van der Waals surface area contributed by atoms with E-state index in [-0.39, 0.29) is 17.8 Å². The van der Waals surface area contributed by atoms with E-state index in [0.717, 1.165) is 4.68 Å². The van der Waals surface area contributed by atoms with Crippen LogP contribution in [0, 0.1) is 0 Å². The van der Waals surface area contributed by atoms with Crippen LogP contribution < -0.4 is 10.9 Å². The van der Waals surface area contributed by atoms with Gasteiger partial charge >= 0.3 is 0 Å². The molecular formula is C9H13N3O3. The number of aromatic nitrogens is 2. The minimum absolute atomic E-state index is 0.151. The summed E-state index contributed by atoms with van der Waals surface area (Å²) in [6.45, 7) is 1.72. The zero-order valence-corrected chi connectivity index (χ0v) is 8.60. The number of nitrogens with zero attached hydrogens (tertiary/aromatic N) is 2. The second-order valence-corrected chi connectivity index (χ2v) is 3.24. The van der Waals surface area contributed by atoms with Gasteiger partial charge in [-0.3, -0.25) is 9.59 Å². The quantitative estimate of drug-likeness (QED) is 0.664. The second kappa shape index (κ2) is 4.70. The average Bonchev–Trinajstić information content (AvgIpc) is 2.18. The fraction of sp³-hybridized carbons (Fsp3) is 0.444. The highest BCUT2D eigenvalue weighted by molar-refractivity contribution is 5.91. The average molecular weight is 211 g/mol. The van der Waals surface area contributed by atoms with E-state index in [2.05, 4.69) is 10.4 Å². The van der Waals surface area contributed by atoms with E-state index in [1.54, 1.807) is 6.92 Å². The van der Waals surface area contributed by atoms with Gasteiger partial charge in [0, 0.05) is 19.7 Å². The van der Waals surface area contributed by atoms with Crippen molar-refractivity contribution >= 4 is 5.91 Å². The molecule has 0 saturated carbocycles. The molecule has 0 fully saturated rings. The van der Waals surface area contributed by atoms with Gasteiger partial charge in [-0.1, -0.05) is 0 Å². The summed E-state index contributed by atoms with van der Waals surface area (Å²) in [5, 5.41) is 15.2. The van der Waals surface area contributed by atoms with Gasteiger partial charge in [0.1, 0.15) is 5.69 Å². The first-order valence-electron chi connectivity index (χ1n) is 4.51. The Morgan fingerprint density at radius 3 is 2.87 bits per heavy atom. The van der Waals surface area contributed by atoms with Crippen molar-refractivity contribution < 1.29 is 9.90 Å². The first-order chi connectivity index (χ1) is 7.00. The summed E-state index contributed by atoms with van der Waals surface area (Å²) in [7, 11) is 1.47. The SMILES string of the molecule is CC(O)CNC(=O)c1ccc(=O)n(C)n1. The van der Waals surface area contributed by atoms with Crippen LogP contribution in [0.2, 0.25) is 0 Å². The van der Waals surface area contributed by atoms with Crippen LogP contribution in [0.4, 0.5) is 0 Å². The molecular weight excluding hydrogens is 198 g/mol. The molecule has 0 aliphatic carbocycles. The van der Waals surface area contributed by atoms with Crippen LogP contribution in [0.3, 0.4) is 0 Å². The summed E-state index contributed by atoms with van der Waals surface area (Å²) >= 11 is 0. The highest BCUT2D eigenvalue weighted by atomic mass is 16.3.